The van der Waals surface area contributed by atoms with Gasteiger partial charge in [-0.25, -0.2) is 4.79 Å². The molecule has 148 valence electrons. The van der Waals surface area contributed by atoms with Gasteiger partial charge in [0.2, 0.25) is 5.43 Å². The predicted molar refractivity (Wildman–Crippen MR) is 106 cm³/mol. The van der Waals surface area contributed by atoms with Crippen molar-refractivity contribution in [1.29, 1.82) is 0 Å². The number of hydrogen-bond donors (Lipinski definition) is 0. The summed E-state index contributed by atoms with van der Waals surface area (Å²) < 4.78 is 13.3. The van der Waals surface area contributed by atoms with Crippen LogP contribution in [0.5, 0.6) is 5.75 Å². The molecule has 2 aromatic rings. The largest absolute Gasteiger partial charge is 0.483 e. The molecule has 2 aliphatic rings. The minimum atomic E-state index is -0.579. The number of pyridine rings is 1. The van der Waals surface area contributed by atoms with Crippen molar-refractivity contribution in [3.63, 3.8) is 0 Å². The average molecular weight is 382 g/mol. The summed E-state index contributed by atoms with van der Waals surface area (Å²) in [6, 6.07) is 10.0. The second-order valence-corrected chi connectivity index (χ2v) is 7.41. The van der Waals surface area contributed by atoms with E-state index < -0.39 is 5.97 Å². The second kappa shape index (κ2) is 8.19. The maximum absolute atomic E-state index is 13.2. The first-order valence-corrected chi connectivity index (χ1v) is 10.0. The summed E-state index contributed by atoms with van der Waals surface area (Å²) in [6.45, 7) is 4.96. The van der Waals surface area contributed by atoms with Crippen LogP contribution in [0, 0.1) is 0 Å². The van der Waals surface area contributed by atoms with Crippen LogP contribution >= 0.6 is 0 Å². The number of benzene rings is 1. The van der Waals surface area contributed by atoms with E-state index in [0.29, 0.717) is 13.2 Å². The zero-order chi connectivity index (χ0) is 19.5. The highest BCUT2D eigenvalue weighted by Gasteiger charge is 2.30. The number of carbonyl (C=O) groups excluding carboxylic acids is 1. The van der Waals surface area contributed by atoms with Gasteiger partial charge in [0.1, 0.15) is 12.2 Å². The summed E-state index contributed by atoms with van der Waals surface area (Å²) in [5.74, 6) is -0.294. The molecule has 1 aromatic heterocycles. The number of rotatable bonds is 5. The molecule has 0 aliphatic carbocycles. The molecule has 0 N–H and O–H groups in total. The Kier molecular flexibility index (Phi) is 5.48. The summed E-state index contributed by atoms with van der Waals surface area (Å²) in [5.41, 5.74) is 1.54. The number of hydrogen-bond acceptors (Lipinski definition) is 5. The predicted octanol–water partition coefficient (Wildman–Crippen LogP) is 3.14. The summed E-state index contributed by atoms with van der Waals surface area (Å²) >= 11 is 0. The Bertz CT molecular complexity index is 907. The van der Waals surface area contributed by atoms with Gasteiger partial charge < -0.3 is 14.0 Å². The third kappa shape index (κ3) is 3.69. The highest BCUT2D eigenvalue weighted by atomic mass is 16.5. The molecule has 0 saturated carbocycles. The third-order valence-corrected chi connectivity index (χ3v) is 5.57. The molecule has 1 saturated heterocycles. The Morgan fingerprint density at radius 2 is 2.00 bits per heavy atom. The second-order valence-electron chi connectivity index (χ2n) is 7.41. The lowest BCUT2D eigenvalue weighted by Gasteiger charge is -2.26. The van der Waals surface area contributed by atoms with Crippen molar-refractivity contribution in [2.24, 2.45) is 0 Å². The normalized spacial score (nSPS) is 20.8. The fraction of sp³-hybridized carbons (Fsp3) is 0.455. The van der Waals surface area contributed by atoms with Gasteiger partial charge in [-0.3, -0.25) is 9.69 Å². The van der Waals surface area contributed by atoms with E-state index in [0.717, 1.165) is 43.6 Å². The Morgan fingerprint density at radius 3 is 2.79 bits per heavy atom. The van der Waals surface area contributed by atoms with Crippen molar-refractivity contribution in [1.82, 2.24) is 9.47 Å². The van der Waals surface area contributed by atoms with Crippen molar-refractivity contribution >= 4 is 5.97 Å². The van der Waals surface area contributed by atoms with Crippen molar-refractivity contribution < 1.29 is 14.3 Å². The molecule has 0 spiro atoms. The van der Waals surface area contributed by atoms with Crippen LogP contribution in [0.1, 0.15) is 53.8 Å². The van der Waals surface area contributed by atoms with Crippen LogP contribution < -0.4 is 10.2 Å². The Morgan fingerprint density at radius 1 is 1.18 bits per heavy atom. The monoisotopic (exact) mass is 382 g/mol. The molecule has 1 fully saturated rings. The van der Waals surface area contributed by atoms with E-state index in [-0.39, 0.29) is 29.4 Å². The molecular formula is C22H26N2O4. The molecule has 6 heteroatoms. The van der Waals surface area contributed by atoms with E-state index in [2.05, 4.69) is 9.47 Å². The van der Waals surface area contributed by atoms with Crippen LogP contribution in [0.25, 0.3) is 0 Å². The molecule has 2 bridgehead atoms. The molecule has 1 aromatic carbocycles. The van der Waals surface area contributed by atoms with Crippen molar-refractivity contribution in [3.05, 3.63) is 63.6 Å². The Balaban J connectivity index is 1.79. The highest BCUT2D eigenvalue weighted by Crippen LogP contribution is 2.32. The highest BCUT2D eigenvalue weighted by molar-refractivity contribution is 5.89. The minimum absolute atomic E-state index is 0.0627. The zero-order valence-corrected chi connectivity index (χ0v) is 16.2. The average Bonchev–Trinajstić information content (AvgIpc) is 3.02. The summed E-state index contributed by atoms with van der Waals surface area (Å²) in [4.78, 5) is 28.0. The molecule has 6 nitrogen and oxygen atoms in total. The Hall–Kier alpha value is -2.60. The standard InChI is InChI=1S/C22H26N2O4/c1-2-27-22(26)18-13-24-17-9-6-11-23(12-10-17)14-19(24)21(20(18)25)28-15-16-7-4-3-5-8-16/h3-5,7-8,13,17H,2,6,9-12,14-15H2,1H3. The number of ether oxygens (including phenoxy) is 2. The number of nitrogens with zero attached hydrogens (tertiary/aromatic N) is 2. The smallest absolute Gasteiger partial charge is 0.343 e. The van der Waals surface area contributed by atoms with Crippen molar-refractivity contribution in [2.45, 2.75) is 45.4 Å². The van der Waals surface area contributed by atoms with E-state index in [1.807, 2.05) is 30.3 Å². The minimum Gasteiger partial charge on any atom is -0.483 e. The number of carbonyl (C=O) groups is 1. The zero-order valence-electron chi connectivity index (χ0n) is 16.2. The molecule has 2 atom stereocenters. The molecular weight excluding hydrogens is 356 g/mol. The van der Waals surface area contributed by atoms with Crippen LogP contribution in [-0.2, 0) is 17.9 Å². The first-order valence-electron chi connectivity index (χ1n) is 10.0. The number of esters is 1. The van der Waals surface area contributed by atoms with Crippen LogP contribution in [0.3, 0.4) is 0 Å². The lowest BCUT2D eigenvalue weighted by molar-refractivity contribution is 0.0522. The van der Waals surface area contributed by atoms with Crippen LogP contribution in [0.15, 0.2) is 41.3 Å². The fourth-order valence-electron chi connectivity index (χ4n) is 4.14. The van der Waals surface area contributed by atoms with E-state index in [9.17, 15) is 9.59 Å². The Labute approximate surface area is 164 Å². The SMILES string of the molecule is CCOC(=O)c1cn2c(c(OCc3ccccc3)c1=O)CN1CCCC2CC1. The van der Waals surface area contributed by atoms with Crippen LogP contribution in [0.2, 0.25) is 0 Å². The topological polar surface area (TPSA) is 60.8 Å². The van der Waals surface area contributed by atoms with E-state index in [1.54, 1.807) is 13.1 Å². The van der Waals surface area contributed by atoms with Gasteiger partial charge in [-0.15, -0.1) is 0 Å². The maximum atomic E-state index is 13.2. The lowest BCUT2D eigenvalue weighted by Crippen LogP contribution is -2.30. The van der Waals surface area contributed by atoms with Gasteiger partial charge in [-0.05, 0) is 38.3 Å². The summed E-state index contributed by atoms with van der Waals surface area (Å²) in [5, 5.41) is 0. The van der Waals surface area contributed by atoms with Gasteiger partial charge >= 0.3 is 5.97 Å². The number of aromatic nitrogens is 1. The lowest BCUT2D eigenvalue weighted by atomic mass is 10.1. The van der Waals surface area contributed by atoms with Gasteiger partial charge in [-0.1, -0.05) is 30.3 Å². The maximum Gasteiger partial charge on any atom is 0.343 e. The van der Waals surface area contributed by atoms with Gasteiger partial charge in [0.25, 0.3) is 0 Å². The van der Waals surface area contributed by atoms with E-state index in [1.165, 1.54) is 0 Å². The van der Waals surface area contributed by atoms with Crippen molar-refractivity contribution in [3.8, 4) is 5.75 Å². The fourth-order valence-corrected chi connectivity index (χ4v) is 4.14. The number of fused-ring (bicyclic) bond motifs is 5. The molecule has 2 unspecified atom stereocenters. The van der Waals surface area contributed by atoms with Gasteiger partial charge in [0, 0.05) is 25.3 Å². The van der Waals surface area contributed by atoms with Crippen molar-refractivity contribution in [2.75, 3.05) is 19.7 Å². The molecule has 28 heavy (non-hydrogen) atoms. The van der Waals surface area contributed by atoms with Gasteiger partial charge in [0.05, 0.1) is 12.3 Å². The summed E-state index contributed by atoms with van der Waals surface area (Å²) in [7, 11) is 0. The van der Waals surface area contributed by atoms with Gasteiger partial charge in [0.15, 0.2) is 5.75 Å². The molecule has 3 heterocycles. The molecule has 2 aliphatic heterocycles. The van der Waals surface area contributed by atoms with E-state index >= 15 is 0 Å². The quantitative estimate of drug-likeness (QED) is 0.744. The van der Waals surface area contributed by atoms with E-state index in [4.69, 9.17) is 9.47 Å². The first kappa shape index (κ1) is 18.7. The molecule has 0 radical (unpaired) electrons. The van der Waals surface area contributed by atoms with Crippen LogP contribution in [0.4, 0.5) is 0 Å². The first-order chi connectivity index (χ1) is 13.7. The summed E-state index contributed by atoms with van der Waals surface area (Å²) in [6.07, 6.45) is 4.86. The van der Waals surface area contributed by atoms with Crippen LogP contribution in [-0.4, -0.2) is 35.1 Å². The molecule has 4 rings (SSSR count). The van der Waals surface area contributed by atoms with Gasteiger partial charge in [-0.2, -0.15) is 0 Å². The third-order valence-electron chi connectivity index (χ3n) is 5.57. The molecule has 0 amide bonds.